The van der Waals surface area contributed by atoms with E-state index in [1.54, 1.807) is 0 Å². The minimum Gasteiger partial charge on any atom is -0.357 e. The lowest BCUT2D eigenvalue weighted by atomic mass is 9.82. The van der Waals surface area contributed by atoms with Crippen LogP contribution in [0.15, 0.2) is 11.2 Å². The Bertz CT molecular complexity index is 507. The first-order chi connectivity index (χ1) is 11.3. The quantitative estimate of drug-likeness (QED) is 0.499. The number of nitrogens with zero attached hydrogens (tertiary/aromatic N) is 3. The molecule has 2 aliphatic rings. The van der Waals surface area contributed by atoms with Gasteiger partial charge in [-0.25, -0.2) is 0 Å². The number of aromatic amines is 1. The molecule has 1 aromatic rings. The monoisotopic (exact) mass is 317 g/mol. The molecule has 1 saturated heterocycles. The first kappa shape index (κ1) is 16.3. The number of hydrogen-bond acceptors (Lipinski definition) is 2. The van der Waals surface area contributed by atoms with Crippen molar-refractivity contribution >= 4 is 5.96 Å². The molecular formula is C18H31N5. The summed E-state index contributed by atoms with van der Waals surface area (Å²) in [5.74, 6) is 2.94. The summed E-state index contributed by atoms with van der Waals surface area (Å²) in [7, 11) is 0. The van der Waals surface area contributed by atoms with Crippen molar-refractivity contribution < 1.29 is 0 Å². The van der Waals surface area contributed by atoms with Crippen LogP contribution >= 0.6 is 0 Å². The summed E-state index contributed by atoms with van der Waals surface area (Å²) < 4.78 is 0. The van der Waals surface area contributed by atoms with Gasteiger partial charge in [0.1, 0.15) is 0 Å². The predicted molar refractivity (Wildman–Crippen MR) is 94.6 cm³/mol. The van der Waals surface area contributed by atoms with Crippen LogP contribution < -0.4 is 5.32 Å². The molecule has 128 valence electrons. The average Bonchev–Trinajstić information content (AvgIpc) is 3.16. The number of fused-ring (bicyclic) bond motifs is 1. The molecule has 0 bridgehead atoms. The van der Waals surface area contributed by atoms with E-state index < -0.39 is 0 Å². The van der Waals surface area contributed by atoms with Gasteiger partial charge >= 0.3 is 0 Å². The average molecular weight is 317 g/mol. The smallest absolute Gasteiger partial charge is 0.193 e. The molecule has 5 heteroatoms. The molecule has 5 nitrogen and oxygen atoms in total. The van der Waals surface area contributed by atoms with Crippen molar-refractivity contribution in [3.05, 3.63) is 17.5 Å². The van der Waals surface area contributed by atoms with Crippen LogP contribution in [0.5, 0.6) is 0 Å². The van der Waals surface area contributed by atoms with E-state index in [1.165, 1.54) is 50.0 Å². The molecule has 2 unspecified atom stereocenters. The molecular weight excluding hydrogens is 286 g/mol. The maximum atomic E-state index is 4.88. The number of aromatic nitrogens is 2. The van der Waals surface area contributed by atoms with Crippen molar-refractivity contribution in [2.75, 3.05) is 26.2 Å². The lowest BCUT2D eigenvalue weighted by Gasteiger charge is -2.22. The predicted octanol–water partition coefficient (Wildman–Crippen LogP) is 2.74. The molecule has 2 N–H and O–H groups in total. The Hall–Kier alpha value is -1.52. The second-order valence-corrected chi connectivity index (χ2v) is 7.07. The van der Waals surface area contributed by atoms with Crippen LogP contribution in [0.2, 0.25) is 0 Å². The zero-order valence-electron chi connectivity index (χ0n) is 14.6. The van der Waals surface area contributed by atoms with Crippen molar-refractivity contribution in [2.45, 2.75) is 52.4 Å². The highest BCUT2D eigenvalue weighted by atomic mass is 15.3. The van der Waals surface area contributed by atoms with Crippen LogP contribution in [0.3, 0.4) is 0 Å². The van der Waals surface area contributed by atoms with E-state index in [0.29, 0.717) is 0 Å². The molecule has 0 spiro atoms. The normalized spacial score (nSPS) is 24.8. The van der Waals surface area contributed by atoms with Crippen LogP contribution in [0, 0.1) is 18.8 Å². The summed E-state index contributed by atoms with van der Waals surface area (Å²) in [6.07, 6.45) is 9.75. The second-order valence-electron chi connectivity index (χ2n) is 7.07. The molecule has 1 aromatic heterocycles. The number of nitrogens with one attached hydrogen (secondary N) is 2. The minimum atomic E-state index is 0.888. The standard InChI is InChI=1S/C18H31N5/c1-3-19-18(20-10-6-9-15-11-21-22-14(15)2)23-12-16-7-4-5-8-17(16)13-23/h11,16-17H,3-10,12-13H2,1-2H3,(H,19,20)(H,21,22). The number of hydrogen-bond donors (Lipinski definition) is 2. The molecule has 3 rings (SSSR count). The van der Waals surface area contributed by atoms with Gasteiger partial charge in [-0.15, -0.1) is 0 Å². The van der Waals surface area contributed by atoms with Gasteiger partial charge in [0.2, 0.25) is 0 Å². The van der Waals surface area contributed by atoms with Gasteiger partial charge in [-0.3, -0.25) is 10.1 Å². The van der Waals surface area contributed by atoms with Gasteiger partial charge in [0.05, 0.1) is 6.20 Å². The van der Waals surface area contributed by atoms with Crippen LogP contribution in [-0.4, -0.2) is 47.2 Å². The summed E-state index contributed by atoms with van der Waals surface area (Å²) in [5, 5.41) is 10.6. The fourth-order valence-electron chi connectivity index (χ4n) is 4.09. The zero-order chi connectivity index (χ0) is 16.1. The molecule has 2 heterocycles. The summed E-state index contributed by atoms with van der Waals surface area (Å²) in [6, 6.07) is 0. The van der Waals surface area contributed by atoms with Crippen molar-refractivity contribution in [3.63, 3.8) is 0 Å². The summed E-state index contributed by atoms with van der Waals surface area (Å²) in [6.45, 7) is 8.49. The third-order valence-corrected chi connectivity index (χ3v) is 5.41. The molecule has 1 aliphatic heterocycles. The van der Waals surface area contributed by atoms with E-state index in [2.05, 4.69) is 34.3 Å². The molecule has 1 aliphatic carbocycles. The van der Waals surface area contributed by atoms with E-state index >= 15 is 0 Å². The van der Waals surface area contributed by atoms with Crippen molar-refractivity contribution in [3.8, 4) is 0 Å². The van der Waals surface area contributed by atoms with Gasteiger partial charge in [0.15, 0.2) is 5.96 Å². The van der Waals surface area contributed by atoms with E-state index in [4.69, 9.17) is 4.99 Å². The number of guanidine groups is 1. The van der Waals surface area contributed by atoms with Gasteiger partial charge in [-0.1, -0.05) is 12.8 Å². The highest BCUT2D eigenvalue weighted by Crippen LogP contribution is 2.35. The Kier molecular flexibility index (Phi) is 5.57. The number of H-pyrrole nitrogens is 1. The maximum absolute atomic E-state index is 4.88. The Balaban J connectivity index is 1.52. The van der Waals surface area contributed by atoms with Gasteiger partial charge in [-0.2, -0.15) is 5.10 Å². The highest BCUT2D eigenvalue weighted by molar-refractivity contribution is 5.80. The third-order valence-electron chi connectivity index (χ3n) is 5.41. The van der Waals surface area contributed by atoms with Gasteiger partial charge < -0.3 is 10.2 Å². The molecule has 1 saturated carbocycles. The minimum absolute atomic E-state index is 0.888. The Morgan fingerprint density at radius 3 is 2.70 bits per heavy atom. The largest absolute Gasteiger partial charge is 0.357 e. The fraction of sp³-hybridized carbons (Fsp3) is 0.778. The van der Waals surface area contributed by atoms with E-state index in [0.717, 1.165) is 43.7 Å². The van der Waals surface area contributed by atoms with Crippen molar-refractivity contribution in [1.29, 1.82) is 0 Å². The van der Waals surface area contributed by atoms with E-state index in [-0.39, 0.29) is 0 Å². The van der Waals surface area contributed by atoms with E-state index in [1.807, 2.05) is 6.20 Å². The molecule has 0 amide bonds. The number of aliphatic imine (C=N–C) groups is 1. The van der Waals surface area contributed by atoms with Crippen LogP contribution in [-0.2, 0) is 6.42 Å². The lowest BCUT2D eigenvalue weighted by molar-refractivity contribution is 0.299. The Morgan fingerprint density at radius 1 is 1.35 bits per heavy atom. The number of aryl methyl sites for hydroxylation is 2. The number of likely N-dealkylation sites (tertiary alicyclic amines) is 1. The van der Waals surface area contributed by atoms with Crippen molar-refractivity contribution in [2.24, 2.45) is 16.8 Å². The molecule has 0 radical (unpaired) electrons. The zero-order valence-corrected chi connectivity index (χ0v) is 14.6. The lowest BCUT2D eigenvalue weighted by Crippen LogP contribution is -2.40. The summed E-state index contributed by atoms with van der Waals surface area (Å²) in [4.78, 5) is 7.39. The van der Waals surface area contributed by atoms with Crippen LogP contribution in [0.4, 0.5) is 0 Å². The van der Waals surface area contributed by atoms with Gasteiger partial charge in [-0.05, 0) is 56.9 Å². The molecule has 23 heavy (non-hydrogen) atoms. The summed E-state index contributed by atoms with van der Waals surface area (Å²) in [5.41, 5.74) is 2.50. The van der Waals surface area contributed by atoms with Crippen LogP contribution in [0.25, 0.3) is 0 Å². The fourth-order valence-corrected chi connectivity index (χ4v) is 4.09. The first-order valence-corrected chi connectivity index (χ1v) is 9.30. The SMILES string of the molecule is CCNC(=NCCCc1cn[nH]c1C)N1CC2CCCCC2C1. The molecule has 2 fully saturated rings. The molecule has 2 atom stereocenters. The Labute approximate surface area is 139 Å². The van der Waals surface area contributed by atoms with E-state index in [9.17, 15) is 0 Å². The van der Waals surface area contributed by atoms with Gasteiger partial charge in [0.25, 0.3) is 0 Å². The second kappa shape index (κ2) is 7.84. The highest BCUT2D eigenvalue weighted by Gasteiger charge is 2.35. The van der Waals surface area contributed by atoms with Crippen LogP contribution in [0.1, 0.15) is 50.3 Å². The molecule has 0 aromatic carbocycles. The maximum Gasteiger partial charge on any atom is 0.193 e. The van der Waals surface area contributed by atoms with Crippen molar-refractivity contribution in [1.82, 2.24) is 20.4 Å². The summed E-state index contributed by atoms with van der Waals surface area (Å²) >= 11 is 0. The number of rotatable bonds is 5. The third kappa shape index (κ3) is 4.06. The Morgan fingerprint density at radius 2 is 2.09 bits per heavy atom. The first-order valence-electron chi connectivity index (χ1n) is 9.30. The van der Waals surface area contributed by atoms with Gasteiger partial charge in [0, 0.05) is 31.9 Å². The topological polar surface area (TPSA) is 56.3 Å².